The first-order chi connectivity index (χ1) is 7.07. The SMILES string of the molecule is COc1ccccc1[C@@H](O)[C@H](C)S(=O)[O-]. The summed E-state index contributed by atoms with van der Waals surface area (Å²) in [7, 11) is 1.48. The predicted molar refractivity (Wildman–Crippen MR) is 56.3 cm³/mol. The second kappa shape index (κ2) is 5.25. The maximum atomic E-state index is 10.7. The average molecular weight is 229 g/mol. The Hall–Kier alpha value is -0.910. The Labute approximate surface area is 91.2 Å². The average Bonchev–Trinajstić information content (AvgIpc) is 2.26. The number of hydrogen-bond donors (Lipinski definition) is 1. The van der Waals surface area contributed by atoms with Gasteiger partial charge in [0.25, 0.3) is 0 Å². The maximum absolute atomic E-state index is 10.7. The van der Waals surface area contributed by atoms with Gasteiger partial charge in [-0.3, -0.25) is 4.21 Å². The first-order valence-corrected chi connectivity index (χ1v) is 5.60. The van der Waals surface area contributed by atoms with Gasteiger partial charge in [-0.2, -0.15) is 0 Å². The van der Waals surface area contributed by atoms with Gasteiger partial charge in [0.05, 0.1) is 13.2 Å². The predicted octanol–water partition coefficient (Wildman–Crippen LogP) is 0.996. The van der Waals surface area contributed by atoms with Gasteiger partial charge in [0.2, 0.25) is 0 Å². The Morgan fingerprint density at radius 2 is 2.07 bits per heavy atom. The fourth-order valence-electron chi connectivity index (χ4n) is 1.27. The van der Waals surface area contributed by atoms with Gasteiger partial charge < -0.3 is 14.4 Å². The summed E-state index contributed by atoms with van der Waals surface area (Å²) in [5.74, 6) is 0.488. The molecular formula is C10H13O4S-. The van der Waals surface area contributed by atoms with E-state index in [0.717, 1.165) is 0 Å². The van der Waals surface area contributed by atoms with Gasteiger partial charge >= 0.3 is 0 Å². The van der Waals surface area contributed by atoms with Gasteiger partial charge in [0, 0.05) is 10.8 Å². The standard InChI is InChI=1S/C10H14O4S/c1-7(15(12)13)10(11)8-5-3-4-6-9(8)14-2/h3-7,10-11H,1-2H3,(H,12,13)/p-1/t7-,10-/m0/s1. The van der Waals surface area contributed by atoms with Crippen LogP contribution in [0.4, 0.5) is 0 Å². The Kier molecular flexibility index (Phi) is 4.26. The number of methoxy groups -OCH3 is 1. The molecule has 1 aromatic carbocycles. The van der Waals surface area contributed by atoms with Gasteiger partial charge in [-0.05, 0) is 24.1 Å². The van der Waals surface area contributed by atoms with Crippen LogP contribution < -0.4 is 4.74 Å². The van der Waals surface area contributed by atoms with Gasteiger partial charge in [-0.25, -0.2) is 0 Å². The van der Waals surface area contributed by atoms with Crippen molar-refractivity contribution in [2.75, 3.05) is 7.11 Å². The first-order valence-electron chi connectivity index (χ1n) is 4.47. The fourth-order valence-corrected chi connectivity index (χ4v) is 1.63. The summed E-state index contributed by atoms with van der Waals surface area (Å²) >= 11 is -2.31. The zero-order chi connectivity index (χ0) is 11.4. The molecular weight excluding hydrogens is 216 g/mol. The van der Waals surface area contributed by atoms with Crippen molar-refractivity contribution >= 4 is 11.1 Å². The van der Waals surface area contributed by atoms with Crippen molar-refractivity contribution in [3.63, 3.8) is 0 Å². The topological polar surface area (TPSA) is 69.6 Å². The molecule has 1 unspecified atom stereocenters. The van der Waals surface area contributed by atoms with Crippen molar-refractivity contribution in [1.82, 2.24) is 0 Å². The van der Waals surface area contributed by atoms with E-state index >= 15 is 0 Å². The molecule has 0 heterocycles. The van der Waals surface area contributed by atoms with Crippen molar-refractivity contribution in [3.05, 3.63) is 29.8 Å². The van der Waals surface area contributed by atoms with Crippen LogP contribution in [-0.4, -0.2) is 26.2 Å². The Balaban J connectivity index is 2.99. The van der Waals surface area contributed by atoms with Crippen LogP contribution in [0.15, 0.2) is 24.3 Å². The maximum Gasteiger partial charge on any atom is 0.124 e. The largest absolute Gasteiger partial charge is 0.772 e. The minimum absolute atomic E-state index is 0.483. The van der Waals surface area contributed by atoms with Crippen molar-refractivity contribution in [3.8, 4) is 5.75 Å². The van der Waals surface area contributed by atoms with Crippen LogP contribution in [0.2, 0.25) is 0 Å². The molecule has 0 saturated carbocycles. The van der Waals surface area contributed by atoms with Crippen LogP contribution in [0.25, 0.3) is 0 Å². The third kappa shape index (κ3) is 2.77. The fraction of sp³-hybridized carbons (Fsp3) is 0.400. The minimum Gasteiger partial charge on any atom is -0.772 e. The number of benzene rings is 1. The highest BCUT2D eigenvalue weighted by Gasteiger charge is 2.20. The summed E-state index contributed by atoms with van der Waals surface area (Å²) in [6.45, 7) is 1.44. The number of para-hydroxylation sites is 1. The highest BCUT2D eigenvalue weighted by atomic mass is 32.2. The normalized spacial score (nSPS) is 16.8. The van der Waals surface area contributed by atoms with E-state index in [0.29, 0.717) is 11.3 Å². The number of aliphatic hydroxyl groups is 1. The second-order valence-electron chi connectivity index (χ2n) is 3.15. The molecule has 1 N–H and O–H groups in total. The molecule has 1 rings (SSSR count). The Bertz CT molecular complexity index is 353. The van der Waals surface area contributed by atoms with Gasteiger partial charge in [-0.1, -0.05) is 18.2 Å². The van der Waals surface area contributed by atoms with Crippen LogP contribution in [0, 0.1) is 0 Å². The van der Waals surface area contributed by atoms with Crippen LogP contribution in [-0.2, 0) is 11.1 Å². The summed E-state index contributed by atoms with van der Waals surface area (Å²) < 4.78 is 26.5. The lowest BCUT2D eigenvalue weighted by Crippen LogP contribution is -2.20. The quantitative estimate of drug-likeness (QED) is 0.782. The van der Waals surface area contributed by atoms with E-state index in [2.05, 4.69) is 0 Å². The smallest absolute Gasteiger partial charge is 0.124 e. The molecule has 0 amide bonds. The molecule has 0 spiro atoms. The molecule has 0 aliphatic carbocycles. The highest BCUT2D eigenvalue weighted by molar-refractivity contribution is 7.79. The molecule has 0 bridgehead atoms. The van der Waals surface area contributed by atoms with Crippen LogP contribution in [0.1, 0.15) is 18.6 Å². The van der Waals surface area contributed by atoms with Crippen molar-refractivity contribution in [2.45, 2.75) is 18.3 Å². The van der Waals surface area contributed by atoms with Crippen LogP contribution in [0.5, 0.6) is 5.75 Å². The number of ether oxygens (including phenoxy) is 1. The first kappa shape index (κ1) is 12.2. The zero-order valence-corrected chi connectivity index (χ0v) is 9.36. The molecule has 0 saturated heterocycles. The lowest BCUT2D eigenvalue weighted by molar-refractivity contribution is 0.170. The third-order valence-corrected chi connectivity index (χ3v) is 3.07. The molecule has 84 valence electrons. The van der Waals surface area contributed by atoms with E-state index < -0.39 is 22.4 Å². The summed E-state index contributed by atoms with van der Waals surface area (Å²) in [6, 6.07) is 6.81. The van der Waals surface area contributed by atoms with Crippen molar-refractivity contribution in [2.24, 2.45) is 0 Å². The van der Waals surface area contributed by atoms with Crippen molar-refractivity contribution in [1.29, 1.82) is 0 Å². The monoisotopic (exact) mass is 229 g/mol. The zero-order valence-electron chi connectivity index (χ0n) is 8.54. The lowest BCUT2D eigenvalue weighted by Gasteiger charge is -2.22. The Morgan fingerprint density at radius 1 is 1.47 bits per heavy atom. The van der Waals surface area contributed by atoms with Crippen molar-refractivity contribution < 1.29 is 18.6 Å². The molecule has 0 aliphatic heterocycles. The molecule has 1 aromatic rings. The molecule has 0 aromatic heterocycles. The highest BCUT2D eigenvalue weighted by Crippen LogP contribution is 2.28. The van der Waals surface area contributed by atoms with E-state index in [1.807, 2.05) is 0 Å². The summed E-state index contributed by atoms with van der Waals surface area (Å²) in [4.78, 5) is 0. The number of aliphatic hydroxyl groups excluding tert-OH is 1. The molecule has 0 radical (unpaired) electrons. The van der Waals surface area contributed by atoms with Gasteiger partial charge in [0.1, 0.15) is 5.75 Å². The van der Waals surface area contributed by atoms with Crippen LogP contribution >= 0.6 is 0 Å². The summed E-state index contributed by atoms with van der Waals surface area (Å²) in [5, 5.41) is 8.94. The molecule has 0 aliphatic rings. The van der Waals surface area contributed by atoms with E-state index in [9.17, 15) is 13.9 Å². The minimum atomic E-state index is -2.31. The van der Waals surface area contributed by atoms with E-state index in [-0.39, 0.29) is 0 Å². The molecule has 5 heteroatoms. The van der Waals surface area contributed by atoms with E-state index in [1.54, 1.807) is 24.3 Å². The number of hydrogen-bond acceptors (Lipinski definition) is 4. The molecule has 15 heavy (non-hydrogen) atoms. The second-order valence-corrected chi connectivity index (χ2v) is 4.42. The third-order valence-electron chi connectivity index (χ3n) is 2.21. The lowest BCUT2D eigenvalue weighted by atomic mass is 10.1. The van der Waals surface area contributed by atoms with Gasteiger partial charge in [-0.15, -0.1) is 0 Å². The Morgan fingerprint density at radius 3 is 2.60 bits per heavy atom. The molecule has 0 fully saturated rings. The van der Waals surface area contributed by atoms with E-state index in [1.165, 1.54) is 14.0 Å². The molecule has 3 atom stereocenters. The van der Waals surface area contributed by atoms with Gasteiger partial charge in [0.15, 0.2) is 0 Å². The number of rotatable bonds is 4. The molecule has 4 nitrogen and oxygen atoms in total. The summed E-state index contributed by atoms with van der Waals surface area (Å²) in [5.41, 5.74) is 0.483. The van der Waals surface area contributed by atoms with E-state index in [4.69, 9.17) is 4.74 Å². The van der Waals surface area contributed by atoms with Crippen LogP contribution in [0.3, 0.4) is 0 Å². The summed E-state index contributed by atoms with van der Waals surface area (Å²) in [6.07, 6.45) is -1.07.